The normalized spacial score (nSPS) is 16.9. The molecule has 1 aliphatic rings. The number of halogens is 1. The van der Waals surface area contributed by atoms with E-state index in [-0.39, 0.29) is 5.41 Å². The molecule has 6 heteroatoms. The van der Waals surface area contributed by atoms with E-state index in [0.29, 0.717) is 0 Å². The lowest BCUT2D eigenvalue weighted by Crippen LogP contribution is -2.46. The molecule has 1 aromatic carbocycles. The maximum absolute atomic E-state index is 5.98. The zero-order valence-corrected chi connectivity index (χ0v) is 15.7. The molecule has 0 atom stereocenters. The fraction of sp³-hybridized carbons (Fsp3) is 0.611. The first kappa shape index (κ1) is 19.0. The average Bonchev–Trinajstić information content (AvgIpc) is 2.59. The van der Waals surface area contributed by atoms with Crippen molar-refractivity contribution in [3.05, 3.63) is 34.9 Å². The first-order chi connectivity index (χ1) is 11.5. The number of rotatable bonds is 6. The first-order valence-electron chi connectivity index (χ1n) is 8.52. The molecule has 0 saturated carbocycles. The molecular weight excluding hydrogens is 324 g/mol. The summed E-state index contributed by atoms with van der Waals surface area (Å²) in [4.78, 5) is 6.72. The summed E-state index contributed by atoms with van der Waals surface area (Å²) in [6.45, 7) is 10.8. The van der Waals surface area contributed by atoms with Crippen molar-refractivity contribution in [1.29, 1.82) is 0 Å². The van der Waals surface area contributed by atoms with Crippen LogP contribution in [0.3, 0.4) is 0 Å². The summed E-state index contributed by atoms with van der Waals surface area (Å²) in [5.41, 5.74) is 1.25. The molecule has 2 rings (SSSR count). The highest BCUT2D eigenvalue weighted by atomic mass is 35.5. The Hall–Kier alpha value is -1.30. The molecule has 1 fully saturated rings. The zero-order valence-electron chi connectivity index (χ0n) is 14.9. The lowest BCUT2D eigenvalue weighted by Gasteiger charge is -2.28. The van der Waals surface area contributed by atoms with E-state index in [1.54, 1.807) is 7.05 Å². The Kier molecular flexibility index (Phi) is 7.34. The Labute approximate surface area is 150 Å². The van der Waals surface area contributed by atoms with Crippen LogP contribution in [0.5, 0.6) is 0 Å². The van der Waals surface area contributed by atoms with E-state index >= 15 is 0 Å². The number of hydrogen-bond donors (Lipinski definition) is 2. The highest BCUT2D eigenvalue weighted by molar-refractivity contribution is 6.30. The van der Waals surface area contributed by atoms with E-state index in [9.17, 15) is 0 Å². The summed E-state index contributed by atoms with van der Waals surface area (Å²) in [6, 6.07) is 8.04. The van der Waals surface area contributed by atoms with Gasteiger partial charge >= 0.3 is 0 Å². The van der Waals surface area contributed by atoms with Gasteiger partial charge in [0.2, 0.25) is 0 Å². The van der Waals surface area contributed by atoms with Crippen molar-refractivity contribution in [2.45, 2.75) is 19.3 Å². The number of ether oxygens (including phenoxy) is 1. The molecule has 134 valence electrons. The van der Waals surface area contributed by atoms with E-state index in [1.807, 2.05) is 12.1 Å². The summed E-state index contributed by atoms with van der Waals surface area (Å²) >= 11 is 5.98. The lowest BCUT2D eigenvalue weighted by atomic mass is 9.85. The van der Waals surface area contributed by atoms with E-state index in [0.717, 1.165) is 56.9 Å². The van der Waals surface area contributed by atoms with Crippen molar-refractivity contribution < 1.29 is 4.74 Å². The lowest BCUT2D eigenvalue weighted by molar-refractivity contribution is 0.0389. The fourth-order valence-electron chi connectivity index (χ4n) is 2.69. The molecule has 2 N–H and O–H groups in total. The Morgan fingerprint density at radius 2 is 1.88 bits per heavy atom. The van der Waals surface area contributed by atoms with Crippen LogP contribution in [0.15, 0.2) is 29.3 Å². The third-order valence-corrected chi connectivity index (χ3v) is 4.62. The van der Waals surface area contributed by atoms with Gasteiger partial charge < -0.3 is 15.4 Å². The maximum atomic E-state index is 5.98. The molecule has 1 heterocycles. The number of hydrogen-bond acceptors (Lipinski definition) is 3. The molecule has 1 aliphatic heterocycles. The Bertz CT molecular complexity index is 524. The van der Waals surface area contributed by atoms with Crippen LogP contribution in [-0.2, 0) is 10.2 Å². The minimum atomic E-state index is -0.00752. The molecule has 5 nitrogen and oxygen atoms in total. The number of guanidine groups is 1. The number of benzene rings is 1. The van der Waals surface area contributed by atoms with E-state index in [2.05, 4.69) is 46.5 Å². The van der Waals surface area contributed by atoms with Crippen LogP contribution < -0.4 is 10.6 Å². The second kappa shape index (κ2) is 9.25. The van der Waals surface area contributed by atoms with Crippen LogP contribution in [0.1, 0.15) is 19.4 Å². The smallest absolute Gasteiger partial charge is 0.191 e. The highest BCUT2D eigenvalue weighted by Gasteiger charge is 2.21. The predicted molar refractivity (Wildman–Crippen MR) is 101 cm³/mol. The minimum absolute atomic E-state index is 0.00752. The van der Waals surface area contributed by atoms with Crippen LogP contribution in [0.4, 0.5) is 0 Å². The van der Waals surface area contributed by atoms with E-state index in [1.165, 1.54) is 5.56 Å². The number of nitrogens with one attached hydrogen (secondary N) is 2. The fourth-order valence-corrected chi connectivity index (χ4v) is 2.81. The summed E-state index contributed by atoms with van der Waals surface area (Å²) in [5.74, 6) is 0.838. The van der Waals surface area contributed by atoms with Crippen molar-refractivity contribution in [2.75, 3.05) is 53.0 Å². The van der Waals surface area contributed by atoms with Crippen LogP contribution in [0.25, 0.3) is 0 Å². The third-order valence-electron chi connectivity index (χ3n) is 4.37. The summed E-state index contributed by atoms with van der Waals surface area (Å²) in [6.07, 6.45) is 0. The number of morpholine rings is 1. The molecule has 1 aromatic rings. The molecule has 0 bridgehead atoms. The van der Waals surface area contributed by atoms with Gasteiger partial charge in [-0.3, -0.25) is 9.89 Å². The van der Waals surface area contributed by atoms with Crippen molar-refractivity contribution in [2.24, 2.45) is 4.99 Å². The van der Waals surface area contributed by atoms with E-state index < -0.39 is 0 Å². The maximum Gasteiger partial charge on any atom is 0.191 e. The SMILES string of the molecule is CN=C(NCCN1CCOCC1)NCC(C)(C)c1ccc(Cl)cc1. The van der Waals surface area contributed by atoms with Crippen LogP contribution in [0, 0.1) is 0 Å². The van der Waals surface area contributed by atoms with Gasteiger partial charge in [0.1, 0.15) is 0 Å². The largest absolute Gasteiger partial charge is 0.379 e. The molecule has 24 heavy (non-hydrogen) atoms. The second-order valence-corrected chi connectivity index (χ2v) is 7.13. The highest BCUT2D eigenvalue weighted by Crippen LogP contribution is 2.23. The average molecular weight is 353 g/mol. The molecule has 1 saturated heterocycles. The molecule has 0 unspecified atom stereocenters. The topological polar surface area (TPSA) is 48.9 Å². The summed E-state index contributed by atoms with van der Waals surface area (Å²) in [7, 11) is 1.80. The molecule has 0 aliphatic carbocycles. The van der Waals surface area contributed by atoms with Gasteiger partial charge in [-0.05, 0) is 17.7 Å². The van der Waals surface area contributed by atoms with Gasteiger partial charge in [-0.1, -0.05) is 37.6 Å². The third kappa shape index (κ3) is 5.96. The van der Waals surface area contributed by atoms with Gasteiger partial charge in [-0.15, -0.1) is 0 Å². The predicted octanol–water partition coefficient (Wildman–Crippen LogP) is 2.11. The monoisotopic (exact) mass is 352 g/mol. The van der Waals surface area contributed by atoms with Gasteiger partial charge in [-0.25, -0.2) is 0 Å². The van der Waals surface area contributed by atoms with Crippen molar-refractivity contribution in [1.82, 2.24) is 15.5 Å². The number of aliphatic imine (C=N–C) groups is 1. The standard InChI is InChI=1S/C18H29ClN4O/c1-18(2,15-4-6-16(19)7-5-15)14-22-17(20-3)21-8-9-23-10-12-24-13-11-23/h4-7H,8-14H2,1-3H3,(H2,20,21,22). The van der Waals surface area contributed by atoms with E-state index in [4.69, 9.17) is 16.3 Å². The summed E-state index contributed by atoms with van der Waals surface area (Å²) < 4.78 is 5.37. The van der Waals surface area contributed by atoms with Gasteiger partial charge in [0.05, 0.1) is 13.2 Å². The van der Waals surface area contributed by atoms with Crippen LogP contribution in [-0.4, -0.2) is 63.8 Å². The quantitative estimate of drug-likeness (QED) is 0.608. The van der Waals surface area contributed by atoms with Gasteiger partial charge in [0.15, 0.2) is 5.96 Å². The molecular formula is C18H29ClN4O. The van der Waals surface area contributed by atoms with Gasteiger partial charge in [0.25, 0.3) is 0 Å². The van der Waals surface area contributed by atoms with Crippen LogP contribution >= 0.6 is 11.6 Å². The molecule has 0 radical (unpaired) electrons. The Morgan fingerprint density at radius 3 is 2.50 bits per heavy atom. The Morgan fingerprint density at radius 1 is 1.21 bits per heavy atom. The summed E-state index contributed by atoms with van der Waals surface area (Å²) in [5, 5.41) is 7.58. The van der Waals surface area contributed by atoms with Crippen molar-refractivity contribution in [3.8, 4) is 0 Å². The van der Waals surface area contributed by atoms with Crippen molar-refractivity contribution >= 4 is 17.6 Å². The molecule has 0 spiro atoms. The number of nitrogens with zero attached hydrogens (tertiary/aromatic N) is 2. The zero-order chi connectivity index (χ0) is 17.4. The van der Waals surface area contributed by atoms with Gasteiger partial charge in [0, 0.05) is 50.2 Å². The molecule has 0 aromatic heterocycles. The van der Waals surface area contributed by atoms with Crippen molar-refractivity contribution in [3.63, 3.8) is 0 Å². The van der Waals surface area contributed by atoms with Gasteiger partial charge in [-0.2, -0.15) is 0 Å². The molecule has 0 amide bonds. The first-order valence-corrected chi connectivity index (χ1v) is 8.90. The second-order valence-electron chi connectivity index (χ2n) is 6.70. The Balaban J connectivity index is 1.76. The van der Waals surface area contributed by atoms with Crippen LogP contribution in [0.2, 0.25) is 5.02 Å². The minimum Gasteiger partial charge on any atom is -0.379 e.